The van der Waals surface area contributed by atoms with Gasteiger partial charge in [-0.25, -0.2) is 14.2 Å². The van der Waals surface area contributed by atoms with Gasteiger partial charge >= 0.3 is 5.97 Å². The number of nitrogens with two attached hydrogens (primary N) is 1. The molecule has 2 aromatic heterocycles. The zero-order valence-corrected chi connectivity index (χ0v) is 12.9. The molecule has 0 saturated heterocycles. The van der Waals surface area contributed by atoms with Crippen LogP contribution in [0.1, 0.15) is 15.9 Å². The first-order valence-electron chi connectivity index (χ1n) is 6.86. The Morgan fingerprint density at radius 1 is 1.33 bits per heavy atom. The van der Waals surface area contributed by atoms with E-state index in [-0.39, 0.29) is 11.0 Å². The molecule has 6 nitrogen and oxygen atoms in total. The number of aromatic nitrogens is 2. The lowest BCUT2D eigenvalue weighted by Crippen LogP contribution is -2.19. The van der Waals surface area contributed by atoms with Crippen LogP contribution in [0.2, 0.25) is 5.15 Å². The molecule has 0 saturated carbocycles. The smallest absolute Gasteiger partial charge is 0.341 e. The van der Waals surface area contributed by atoms with Crippen molar-refractivity contribution in [2.75, 3.05) is 0 Å². The fourth-order valence-electron chi connectivity index (χ4n) is 2.34. The van der Waals surface area contributed by atoms with Crippen molar-refractivity contribution in [3.63, 3.8) is 0 Å². The summed E-state index contributed by atoms with van der Waals surface area (Å²) in [6, 6.07) is 7.78. The van der Waals surface area contributed by atoms with Crippen LogP contribution in [0.25, 0.3) is 16.7 Å². The van der Waals surface area contributed by atoms with Crippen LogP contribution in [-0.4, -0.2) is 20.6 Å². The third-order valence-electron chi connectivity index (χ3n) is 3.57. The van der Waals surface area contributed by atoms with Gasteiger partial charge in [0.05, 0.1) is 5.39 Å². The quantitative estimate of drug-likeness (QED) is 0.708. The standard InChI is InChI=1S/C16H11ClFN3O3/c17-14-12(18)5-10-13(22)11(16(23)24)7-21(15(10)20-14)9-3-1-8(6-19)2-4-9/h1-5,7H,6,19H2,(H,23,24). The van der Waals surface area contributed by atoms with Crippen LogP contribution in [0.3, 0.4) is 0 Å². The lowest BCUT2D eigenvalue weighted by atomic mass is 10.1. The largest absolute Gasteiger partial charge is 0.477 e. The number of carboxylic acid groups (broad SMARTS) is 1. The fraction of sp³-hybridized carbons (Fsp3) is 0.0625. The predicted octanol–water partition coefficient (Wildman–Crippen LogP) is 2.34. The van der Waals surface area contributed by atoms with Gasteiger partial charge in [0.2, 0.25) is 5.43 Å². The summed E-state index contributed by atoms with van der Waals surface area (Å²) in [5.41, 5.74) is 5.71. The number of rotatable bonds is 3. The van der Waals surface area contributed by atoms with Crippen LogP contribution in [0.5, 0.6) is 0 Å². The monoisotopic (exact) mass is 347 g/mol. The highest BCUT2D eigenvalue weighted by molar-refractivity contribution is 6.29. The summed E-state index contributed by atoms with van der Waals surface area (Å²) in [6.07, 6.45) is 1.14. The summed E-state index contributed by atoms with van der Waals surface area (Å²) >= 11 is 5.72. The van der Waals surface area contributed by atoms with Gasteiger partial charge in [0.1, 0.15) is 11.2 Å². The Labute approximate surface area is 139 Å². The molecular weight excluding hydrogens is 337 g/mol. The van der Waals surface area contributed by atoms with E-state index in [1.807, 2.05) is 0 Å². The zero-order chi connectivity index (χ0) is 17.4. The maximum absolute atomic E-state index is 13.7. The SMILES string of the molecule is NCc1ccc(-n2cc(C(=O)O)c(=O)c3cc(F)c(Cl)nc32)cc1. The number of benzene rings is 1. The summed E-state index contributed by atoms with van der Waals surface area (Å²) in [7, 11) is 0. The number of carboxylic acids is 1. The Kier molecular flexibility index (Phi) is 4.04. The molecule has 8 heteroatoms. The van der Waals surface area contributed by atoms with Crippen molar-refractivity contribution in [1.82, 2.24) is 9.55 Å². The summed E-state index contributed by atoms with van der Waals surface area (Å²) in [4.78, 5) is 27.5. The van der Waals surface area contributed by atoms with Crippen molar-refractivity contribution >= 4 is 28.6 Å². The normalized spacial score (nSPS) is 11.0. The average Bonchev–Trinajstić information content (AvgIpc) is 2.57. The molecule has 0 aliphatic heterocycles. The third-order valence-corrected chi connectivity index (χ3v) is 3.83. The highest BCUT2D eigenvalue weighted by atomic mass is 35.5. The molecule has 1 aromatic carbocycles. The van der Waals surface area contributed by atoms with Crippen molar-refractivity contribution in [2.24, 2.45) is 5.73 Å². The van der Waals surface area contributed by atoms with E-state index < -0.39 is 27.9 Å². The number of fused-ring (bicyclic) bond motifs is 1. The van der Waals surface area contributed by atoms with E-state index in [4.69, 9.17) is 17.3 Å². The van der Waals surface area contributed by atoms with Crippen molar-refractivity contribution in [1.29, 1.82) is 0 Å². The van der Waals surface area contributed by atoms with E-state index in [1.165, 1.54) is 4.57 Å². The van der Waals surface area contributed by atoms with E-state index in [0.29, 0.717) is 12.2 Å². The summed E-state index contributed by atoms with van der Waals surface area (Å²) in [5.74, 6) is -2.31. The lowest BCUT2D eigenvalue weighted by Gasteiger charge is -2.12. The lowest BCUT2D eigenvalue weighted by molar-refractivity contribution is 0.0695. The van der Waals surface area contributed by atoms with E-state index in [9.17, 15) is 19.1 Å². The first-order chi connectivity index (χ1) is 11.4. The number of carbonyl (C=O) groups is 1. The van der Waals surface area contributed by atoms with Gasteiger partial charge < -0.3 is 15.4 Å². The maximum Gasteiger partial charge on any atom is 0.341 e. The molecule has 3 rings (SSSR count). The third kappa shape index (κ3) is 2.64. The van der Waals surface area contributed by atoms with Gasteiger partial charge in [0.25, 0.3) is 0 Å². The van der Waals surface area contributed by atoms with Gasteiger partial charge in [0.15, 0.2) is 11.0 Å². The van der Waals surface area contributed by atoms with Crippen LogP contribution in [0.15, 0.2) is 41.3 Å². The predicted molar refractivity (Wildman–Crippen MR) is 87.2 cm³/mol. The molecule has 24 heavy (non-hydrogen) atoms. The Morgan fingerprint density at radius 3 is 2.58 bits per heavy atom. The molecule has 122 valence electrons. The number of pyridine rings is 2. The fourth-order valence-corrected chi connectivity index (χ4v) is 2.48. The van der Waals surface area contributed by atoms with E-state index >= 15 is 0 Å². The van der Waals surface area contributed by atoms with E-state index in [2.05, 4.69) is 4.98 Å². The van der Waals surface area contributed by atoms with Gasteiger partial charge in [-0.05, 0) is 23.8 Å². The summed E-state index contributed by atoms with van der Waals surface area (Å²) < 4.78 is 15.1. The summed E-state index contributed by atoms with van der Waals surface area (Å²) in [5, 5.41) is 8.66. The van der Waals surface area contributed by atoms with Crippen LogP contribution in [-0.2, 0) is 6.54 Å². The number of hydrogen-bond donors (Lipinski definition) is 2. The molecule has 0 bridgehead atoms. The second kappa shape index (κ2) is 6.03. The Balaban J connectivity index is 2.40. The molecule has 2 heterocycles. The van der Waals surface area contributed by atoms with Crippen molar-refractivity contribution in [2.45, 2.75) is 6.54 Å². The second-order valence-electron chi connectivity index (χ2n) is 5.05. The van der Waals surface area contributed by atoms with E-state index in [0.717, 1.165) is 17.8 Å². The zero-order valence-electron chi connectivity index (χ0n) is 12.2. The number of hydrogen-bond acceptors (Lipinski definition) is 4. The Bertz CT molecular complexity index is 1020. The molecule has 0 atom stereocenters. The van der Waals surface area contributed by atoms with Crippen molar-refractivity contribution in [3.05, 3.63) is 68.8 Å². The van der Waals surface area contributed by atoms with Crippen LogP contribution in [0, 0.1) is 5.82 Å². The Morgan fingerprint density at radius 2 is 2.00 bits per heavy atom. The van der Waals surface area contributed by atoms with E-state index in [1.54, 1.807) is 24.3 Å². The molecule has 0 radical (unpaired) electrons. The first kappa shape index (κ1) is 16.1. The van der Waals surface area contributed by atoms with Gasteiger partial charge in [0, 0.05) is 18.4 Å². The average molecular weight is 348 g/mol. The van der Waals surface area contributed by atoms with Gasteiger partial charge in [-0.3, -0.25) is 4.79 Å². The molecule has 0 spiro atoms. The highest BCUT2D eigenvalue weighted by Crippen LogP contribution is 2.21. The van der Waals surface area contributed by atoms with Gasteiger partial charge in [-0.2, -0.15) is 0 Å². The van der Waals surface area contributed by atoms with Crippen LogP contribution >= 0.6 is 11.6 Å². The number of aromatic carboxylic acids is 1. The molecule has 3 aromatic rings. The molecule has 0 fully saturated rings. The van der Waals surface area contributed by atoms with Gasteiger partial charge in [-0.15, -0.1) is 0 Å². The minimum Gasteiger partial charge on any atom is -0.477 e. The minimum absolute atomic E-state index is 0.0666. The highest BCUT2D eigenvalue weighted by Gasteiger charge is 2.18. The Hall–Kier alpha value is -2.77. The molecule has 0 aliphatic carbocycles. The second-order valence-corrected chi connectivity index (χ2v) is 5.41. The number of nitrogens with zero attached hydrogens (tertiary/aromatic N) is 2. The van der Waals surface area contributed by atoms with Gasteiger partial charge in [-0.1, -0.05) is 23.7 Å². The number of halogens is 2. The topological polar surface area (TPSA) is 98.2 Å². The molecule has 0 unspecified atom stereocenters. The molecule has 0 aliphatic rings. The maximum atomic E-state index is 13.7. The molecule has 0 amide bonds. The van der Waals surface area contributed by atoms with Crippen LogP contribution in [0.4, 0.5) is 4.39 Å². The molecule has 3 N–H and O–H groups in total. The van der Waals surface area contributed by atoms with Crippen LogP contribution < -0.4 is 11.2 Å². The minimum atomic E-state index is -1.41. The summed E-state index contributed by atoms with van der Waals surface area (Å²) in [6.45, 7) is 0.348. The first-order valence-corrected chi connectivity index (χ1v) is 7.24. The van der Waals surface area contributed by atoms with Crippen molar-refractivity contribution in [3.8, 4) is 5.69 Å². The molecular formula is C16H11ClFN3O3. The van der Waals surface area contributed by atoms with Crippen molar-refractivity contribution < 1.29 is 14.3 Å².